The van der Waals surface area contributed by atoms with Crippen LogP contribution >= 0.6 is 0 Å². The Labute approximate surface area is 120 Å². The Morgan fingerprint density at radius 1 is 1.20 bits per heavy atom. The van der Waals surface area contributed by atoms with E-state index >= 15 is 0 Å². The summed E-state index contributed by atoms with van der Waals surface area (Å²) in [5, 5.41) is 9.16. The second-order valence-electron chi connectivity index (χ2n) is 6.04. The van der Waals surface area contributed by atoms with E-state index in [1.807, 2.05) is 6.07 Å². The molecule has 1 aromatic carbocycles. The van der Waals surface area contributed by atoms with Crippen molar-refractivity contribution in [3.63, 3.8) is 0 Å². The lowest BCUT2D eigenvalue weighted by atomic mass is 9.91. The van der Waals surface area contributed by atoms with Crippen molar-refractivity contribution in [2.45, 2.75) is 44.6 Å². The Bertz CT molecular complexity index is 494. The maximum Gasteiger partial charge on any atom is 0.176 e. The summed E-state index contributed by atoms with van der Waals surface area (Å²) < 4.78 is 0. The quantitative estimate of drug-likeness (QED) is 0.808. The van der Waals surface area contributed by atoms with Gasteiger partial charge in [-0.3, -0.25) is 9.69 Å². The molecule has 1 aromatic rings. The molecule has 0 aromatic heterocycles. The molecular weight excluding hydrogens is 250 g/mol. The van der Waals surface area contributed by atoms with Crippen molar-refractivity contribution < 1.29 is 9.90 Å². The number of carbonyl (C=O) groups excluding carboxylic acids is 1. The third-order valence-corrected chi connectivity index (χ3v) is 4.75. The Hall–Kier alpha value is -1.19. The van der Waals surface area contributed by atoms with Crippen molar-refractivity contribution in [1.82, 2.24) is 4.90 Å². The molecule has 0 aliphatic heterocycles. The fourth-order valence-electron chi connectivity index (χ4n) is 3.29. The number of hydrogen-bond donors (Lipinski definition) is 1. The van der Waals surface area contributed by atoms with Crippen LogP contribution in [0.3, 0.4) is 0 Å². The monoisotopic (exact) mass is 273 g/mol. The summed E-state index contributed by atoms with van der Waals surface area (Å²) in [6.07, 6.45) is 7.06. The highest BCUT2D eigenvalue weighted by Crippen LogP contribution is 2.26. The van der Waals surface area contributed by atoms with E-state index in [2.05, 4.69) is 17.0 Å². The second kappa shape index (κ2) is 6.06. The van der Waals surface area contributed by atoms with Crippen molar-refractivity contribution in [3.05, 3.63) is 34.9 Å². The molecule has 1 saturated carbocycles. The number of rotatable bonds is 6. The van der Waals surface area contributed by atoms with E-state index in [1.54, 1.807) is 0 Å². The summed E-state index contributed by atoms with van der Waals surface area (Å²) in [5.41, 5.74) is 3.61. The predicted molar refractivity (Wildman–Crippen MR) is 79.1 cm³/mol. The molecule has 20 heavy (non-hydrogen) atoms. The number of carbonyl (C=O) groups is 1. The number of aliphatic hydroxyl groups excluding tert-OH is 1. The summed E-state index contributed by atoms with van der Waals surface area (Å²) in [7, 11) is 0. The highest BCUT2D eigenvalue weighted by molar-refractivity contribution is 5.97. The van der Waals surface area contributed by atoms with Crippen molar-refractivity contribution in [2.75, 3.05) is 19.7 Å². The second-order valence-corrected chi connectivity index (χ2v) is 6.04. The zero-order valence-electron chi connectivity index (χ0n) is 12.0. The van der Waals surface area contributed by atoms with Crippen molar-refractivity contribution in [3.8, 4) is 0 Å². The normalized spacial score (nSPS) is 18.1. The summed E-state index contributed by atoms with van der Waals surface area (Å²) in [6.45, 7) is 1.19. The van der Waals surface area contributed by atoms with Crippen LogP contribution in [0.15, 0.2) is 18.2 Å². The van der Waals surface area contributed by atoms with Crippen molar-refractivity contribution >= 4 is 5.78 Å². The standard InChI is InChI=1S/C17H23NO2/c19-10-9-18(16-5-2-6-16)12-17(20)15-8-7-13-3-1-4-14(13)11-15/h7-8,11,16,19H,1-6,9-10,12H2. The molecule has 1 fully saturated rings. The average molecular weight is 273 g/mol. The van der Waals surface area contributed by atoms with Gasteiger partial charge in [-0.2, -0.15) is 0 Å². The van der Waals surface area contributed by atoms with Gasteiger partial charge < -0.3 is 5.11 Å². The van der Waals surface area contributed by atoms with Gasteiger partial charge in [-0.25, -0.2) is 0 Å². The number of aliphatic hydroxyl groups is 1. The minimum Gasteiger partial charge on any atom is -0.395 e. The van der Waals surface area contributed by atoms with Gasteiger partial charge in [0.05, 0.1) is 13.2 Å². The molecule has 0 radical (unpaired) electrons. The number of aryl methyl sites for hydroxylation is 2. The molecule has 0 heterocycles. The van der Waals surface area contributed by atoms with Crippen LogP contribution < -0.4 is 0 Å². The zero-order valence-corrected chi connectivity index (χ0v) is 12.0. The van der Waals surface area contributed by atoms with Crippen LogP contribution in [0.5, 0.6) is 0 Å². The van der Waals surface area contributed by atoms with Crippen LogP contribution in [0.1, 0.15) is 47.2 Å². The predicted octanol–water partition coefficient (Wildman–Crippen LogP) is 2.20. The van der Waals surface area contributed by atoms with E-state index in [1.165, 1.54) is 24.0 Å². The number of Topliss-reactive ketones (excluding diaryl/α,β-unsaturated/α-hetero) is 1. The highest BCUT2D eigenvalue weighted by Gasteiger charge is 2.26. The molecule has 3 heteroatoms. The van der Waals surface area contributed by atoms with E-state index < -0.39 is 0 Å². The molecule has 1 N–H and O–H groups in total. The number of hydrogen-bond acceptors (Lipinski definition) is 3. The minimum absolute atomic E-state index is 0.133. The number of benzene rings is 1. The van der Waals surface area contributed by atoms with Crippen LogP contribution in [-0.4, -0.2) is 41.5 Å². The van der Waals surface area contributed by atoms with Crippen LogP contribution in [0.4, 0.5) is 0 Å². The van der Waals surface area contributed by atoms with Crippen LogP contribution in [0.25, 0.3) is 0 Å². The van der Waals surface area contributed by atoms with Gasteiger partial charge in [0.2, 0.25) is 0 Å². The van der Waals surface area contributed by atoms with Crippen molar-refractivity contribution in [1.29, 1.82) is 0 Å². The molecule has 0 atom stereocenters. The molecule has 3 nitrogen and oxygen atoms in total. The van der Waals surface area contributed by atoms with E-state index in [0.717, 1.165) is 31.2 Å². The first-order valence-electron chi connectivity index (χ1n) is 7.78. The lowest BCUT2D eigenvalue weighted by molar-refractivity contribution is 0.0747. The Kier molecular flexibility index (Phi) is 4.18. The number of fused-ring (bicyclic) bond motifs is 1. The first kappa shape index (κ1) is 13.8. The van der Waals surface area contributed by atoms with Crippen molar-refractivity contribution in [2.24, 2.45) is 0 Å². The van der Waals surface area contributed by atoms with Gasteiger partial charge >= 0.3 is 0 Å². The van der Waals surface area contributed by atoms with E-state index in [-0.39, 0.29) is 12.4 Å². The third-order valence-electron chi connectivity index (χ3n) is 4.75. The molecule has 0 amide bonds. The molecule has 0 unspecified atom stereocenters. The average Bonchev–Trinajstić information content (AvgIpc) is 2.83. The van der Waals surface area contributed by atoms with Gasteiger partial charge in [-0.15, -0.1) is 0 Å². The zero-order chi connectivity index (χ0) is 13.9. The molecule has 3 rings (SSSR count). The number of ketones is 1. The highest BCUT2D eigenvalue weighted by atomic mass is 16.3. The van der Waals surface area contributed by atoms with Gasteiger partial charge in [-0.05, 0) is 49.3 Å². The Morgan fingerprint density at radius 2 is 2.00 bits per heavy atom. The third kappa shape index (κ3) is 2.79. The van der Waals surface area contributed by atoms with Gasteiger partial charge in [0.1, 0.15) is 0 Å². The topological polar surface area (TPSA) is 40.5 Å². The Balaban J connectivity index is 1.68. The van der Waals surface area contributed by atoms with Crippen LogP contribution in [-0.2, 0) is 12.8 Å². The fraction of sp³-hybridized carbons (Fsp3) is 0.588. The summed E-state index contributed by atoms with van der Waals surface area (Å²) in [6, 6.07) is 6.68. The molecule has 2 aliphatic carbocycles. The van der Waals surface area contributed by atoms with Crippen LogP contribution in [0.2, 0.25) is 0 Å². The summed E-state index contributed by atoms with van der Waals surface area (Å²) in [4.78, 5) is 14.6. The molecular formula is C17H23NO2. The summed E-state index contributed by atoms with van der Waals surface area (Å²) in [5.74, 6) is 0.194. The first-order chi connectivity index (χ1) is 9.78. The fourth-order valence-corrected chi connectivity index (χ4v) is 3.29. The maximum absolute atomic E-state index is 12.5. The Morgan fingerprint density at radius 3 is 2.70 bits per heavy atom. The van der Waals surface area contributed by atoms with Gasteiger partial charge in [0.15, 0.2) is 5.78 Å². The lowest BCUT2D eigenvalue weighted by Gasteiger charge is -2.36. The maximum atomic E-state index is 12.5. The SMILES string of the molecule is O=C(CN(CCO)C1CCC1)c1ccc2c(c1)CCC2. The van der Waals surface area contributed by atoms with Gasteiger partial charge in [0, 0.05) is 18.2 Å². The van der Waals surface area contributed by atoms with Crippen LogP contribution in [0, 0.1) is 0 Å². The van der Waals surface area contributed by atoms with E-state index in [0.29, 0.717) is 19.1 Å². The molecule has 108 valence electrons. The van der Waals surface area contributed by atoms with E-state index in [9.17, 15) is 4.79 Å². The number of nitrogens with zero attached hydrogens (tertiary/aromatic N) is 1. The largest absolute Gasteiger partial charge is 0.395 e. The van der Waals surface area contributed by atoms with Gasteiger partial charge in [-0.1, -0.05) is 18.6 Å². The minimum atomic E-state index is 0.133. The molecule has 0 saturated heterocycles. The van der Waals surface area contributed by atoms with E-state index in [4.69, 9.17) is 5.11 Å². The van der Waals surface area contributed by atoms with Gasteiger partial charge in [0.25, 0.3) is 0 Å². The smallest absolute Gasteiger partial charge is 0.176 e. The molecule has 0 spiro atoms. The first-order valence-corrected chi connectivity index (χ1v) is 7.78. The summed E-state index contributed by atoms with van der Waals surface area (Å²) >= 11 is 0. The molecule has 0 bridgehead atoms. The molecule has 2 aliphatic rings. The lowest BCUT2D eigenvalue weighted by Crippen LogP contribution is -2.44.